The molecule has 1 heterocycles. The second kappa shape index (κ2) is 7.91. The Labute approximate surface area is 174 Å². The van der Waals surface area contributed by atoms with Crippen molar-refractivity contribution >= 4 is 43.1 Å². The van der Waals surface area contributed by atoms with Crippen LogP contribution in [0.2, 0.25) is 10.0 Å². The zero-order valence-electron chi connectivity index (χ0n) is 14.9. The molecule has 0 N–H and O–H groups in total. The molecule has 1 unspecified atom stereocenters. The van der Waals surface area contributed by atoms with Crippen LogP contribution >= 0.6 is 23.2 Å². The van der Waals surface area contributed by atoms with Crippen molar-refractivity contribution in [3.05, 3.63) is 63.4 Å². The van der Waals surface area contributed by atoms with Gasteiger partial charge in [-0.2, -0.15) is 4.31 Å². The largest absolute Gasteiger partial charge is 0.244 e. The number of halogens is 3. The lowest BCUT2D eigenvalue weighted by molar-refractivity contribution is 0.427. The number of hydrogen-bond acceptors (Lipinski definition) is 4. The molecule has 2 aromatic carbocycles. The van der Waals surface area contributed by atoms with E-state index < -0.39 is 36.7 Å². The summed E-state index contributed by atoms with van der Waals surface area (Å²) < 4.78 is 66.8. The molecule has 0 aliphatic carbocycles. The molecule has 10 heteroatoms. The molecule has 1 aliphatic rings. The van der Waals surface area contributed by atoms with Gasteiger partial charge in [-0.1, -0.05) is 41.4 Å². The number of aryl methyl sites for hydroxylation is 1. The topological polar surface area (TPSA) is 71.5 Å². The van der Waals surface area contributed by atoms with Gasteiger partial charge in [-0.25, -0.2) is 21.2 Å². The lowest BCUT2D eigenvalue weighted by Crippen LogP contribution is -2.33. The van der Waals surface area contributed by atoms with Gasteiger partial charge >= 0.3 is 0 Å². The highest BCUT2D eigenvalue weighted by Gasteiger charge is 2.37. The minimum absolute atomic E-state index is 0.0339. The normalized spacial score (nSPS) is 20.6. The van der Waals surface area contributed by atoms with Crippen LogP contribution in [0, 0.1) is 12.7 Å². The Morgan fingerprint density at radius 2 is 1.79 bits per heavy atom. The summed E-state index contributed by atoms with van der Waals surface area (Å²) in [6.07, 6.45) is -0.0489. The summed E-state index contributed by atoms with van der Waals surface area (Å²) in [6, 6.07) is 8.37. The van der Waals surface area contributed by atoms with Gasteiger partial charge in [-0.15, -0.1) is 0 Å². The third-order valence-corrected chi connectivity index (χ3v) is 9.66. The van der Waals surface area contributed by atoms with E-state index in [-0.39, 0.29) is 35.0 Å². The molecule has 1 fully saturated rings. The van der Waals surface area contributed by atoms with Crippen molar-refractivity contribution in [2.45, 2.75) is 23.5 Å². The Kier molecular flexibility index (Phi) is 6.08. The Morgan fingerprint density at radius 1 is 1.11 bits per heavy atom. The van der Waals surface area contributed by atoms with E-state index in [2.05, 4.69) is 0 Å². The van der Waals surface area contributed by atoms with Crippen LogP contribution < -0.4 is 0 Å². The number of nitrogens with zero attached hydrogens (tertiary/aromatic N) is 1. The quantitative estimate of drug-likeness (QED) is 0.686. The van der Waals surface area contributed by atoms with Crippen LogP contribution in [0.4, 0.5) is 4.39 Å². The van der Waals surface area contributed by atoms with Crippen LogP contribution in [0.15, 0.2) is 41.3 Å². The zero-order valence-corrected chi connectivity index (χ0v) is 18.0. The monoisotopic (exact) mass is 465 g/mol. The van der Waals surface area contributed by atoms with Gasteiger partial charge < -0.3 is 0 Å². The molecule has 2 aromatic rings. The Hall–Kier alpha value is -1.19. The molecule has 28 heavy (non-hydrogen) atoms. The first-order valence-electron chi connectivity index (χ1n) is 8.46. The number of rotatable bonds is 3. The molecule has 152 valence electrons. The summed E-state index contributed by atoms with van der Waals surface area (Å²) in [6.45, 7) is 1.35. The molecule has 0 amide bonds. The van der Waals surface area contributed by atoms with Gasteiger partial charge in [0.1, 0.15) is 10.7 Å². The van der Waals surface area contributed by atoms with E-state index in [1.54, 1.807) is 13.0 Å². The van der Waals surface area contributed by atoms with Crippen LogP contribution in [0.5, 0.6) is 0 Å². The summed E-state index contributed by atoms with van der Waals surface area (Å²) in [5.41, 5.74) is 0.596. The van der Waals surface area contributed by atoms with E-state index in [1.165, 1.54) is 30.3 Å². The fraction of sp³-hybridized carbons (Fsp3) is 0.333. The number of benzene rings is 2. The fourth-order valence-electron chi connectivity index (χ4n) is 3.22. The number of hydrogen-bond donors (Lipinski definition) is 0. The summed E-state index contributed by atoms with van der Waals surface area (Å²) in [5, 5.41) is -0.799. The van der Waals surface area contributed by atoms with Gasteiger partial charge in [0.15, 0.2) is 9.84 Å². The maximum atomic E-state index is 14.2. The number of sulfonamides is 1. The van der Waals surface area contributed by atoms with Crippen LogP contribution in [-0.2, 0) is 19.9 Å². The highest BCUT2D eigenvalue weighted by molar-refractivity contribution is 7.92. The predicted octanol–water partition coefficient (Wildman–Crippen LogP) is 3.99. The molecular formula is C18H18Cl2FNO4S2. The van der Waals surface area contributed by atoms with Crippen LogP contribution in [0.3, 0.4) is 0 Å². The van der Waals surface area contributed by atoms with Crippen molar-refractivity contribution in [2.75, 3.05) is 18.8 Å². The van der Waals surface area contributed by atoms with Crippen molar-refractivity contribution in [1.82, 2.24) is 4.31 Å². The minimum Gasteiger partial charge on any atom is -0.228 e. The van der Waals surface area contributed by atoms with E-state index in [4.69, 9.17) is 23.2 Å². The molecule has 0 radical (unpaired) electrons. The van der Waals surface area contributed by atoms with E-state index in [0.717, 1.165) is 4.31 Å². The van der Waals surface area contributed by atoms with Crippen LogP contribution in [0.25, 0.3) is 0 Å². The minimum atomic E-state index is -4.04. The van der Waals surface area contributed by atoms with Gasteiger partial charge in [-0.05, 0) is 37.1 Å². The van der Waals surface area contributed by atoms with Crippen molar-refractivity contribution in [1.29, 1.82) is 0 Å². The average molecular weight is 466 g/mol. The Balaban J connectivity index is 1.97. The first-order chi connectivity index (χ1) is 13.0. The van der Waals surface area contributed by atoms with Crippen LogP contribution in [-0.4, -0.2) is 40.0 Å². The molecule has 1 saturated heterocycles. The molecule has 0 spiro atoms. The lowest BCUT2D eigenvalue weighted by atomic mass is 10.1. The molecule has 0 saturated carbocycles. The highest BCUT2D eigenvalue weighted by atomic mass is 35.5. The molecular weight excluding hydrogens is 448 g/mol. The van der Waals surface area contributed by atoms with E-state index in [0.29, 0.717) is 10.6 Å². The molecule has 1 aliphatic heterocycles. The van der Waals surface area contributed by atoms with E-state index in [9.17, 15) is 21.2 Å². The third-order valence-electron chi connectivity index (χ3n) is 4.78. The van der Waals surface area contributed by atoms with Gasteiger partial charge in [0.2, 0.25) is 10.0 Å². The summed E-state index contributed by atoms with van der Waals surface area (Å²) in [7, 11) is -7.77. The molecule has 1 atom stereocenters. The second-order valence-corrected chi connectivity index (χ2v) is 11.6. The molecule has 0 aromatic heterocycles. The smallest absolute Gasteiger partial charge is 0.228 e. The molecule has 3 rings (SSSR count). The van der Waals surface area contributed by atoms with Crippen molar-refractivity contribution in [3.63, 3.8) is 0 Å². The average Bonchev–Trinajstić information content (AvgIpc) is 2.77. The molecule has 5 nitrogen and oxygen atoms in total. The van der Waals surface area contributed by atoms with E-state index >= 15 is 0 Å². The van der Waals surface area contributed by atoms with Gasteiger partial charge in [0.25, 0.3) is 0 Å². The predicted molar refractivity (Wildman–Crippen MR) is 108 cm³/mol. The lowest BCUT2D eigenvalue weighted by Gasteiger charge is -2.21. The van der Waals surface area contributed by atoms with Crippen molar-refractivity contribution < 1.29 is 21.2 Å². The second-order valence-electron chi connectivity index (χ2n) is 6.60. The van der Waals surface area contributed by atoms with Crippen molar-refractivity contribution in [2.24, 2.45) is 0 Å². The van der Waals surface area contributed by atoms with Gasteiger partial charge in [0.05, 0.1) is 16.0 Å². The maximum absolute atomic E-state index is 14.2. The van der Waals surface area contributed by atoms with E-state index in [1.807, 2.05) is 0 Å². The Bertz CT molecular complexity index is 1120. The third kappa shape index (κ3) is 4.07. The summed E-state index contributed by atoms with van der Waals surface area (Å²) >= 11 is 12.1. The van der Waals surface area contributed by atoms with Gasteiger partial charge in [0, 0.05) is 23.7 Å². The highest BCUT2D eigenvalue weighted by Crippen LogP contribution is 2.35. The summed E-state index contributed by atoms with van der Waals surface area (Å²) in [5.74, 6) is -1.03. The standard InChI is InChI=1S/C18H18Cl2FNO4S2/c1-12-10-18(15(20)11-14(12)19)28(25,26)22-7-6-17(27(23,24)9-8-22)13-4-2-3-5-16(13)21/h2-5,10-11,17H,6-9H2,1H3. The first kappa shape index (κ1) is 21.5. The maximum Gasteiger partial charge on any atom is 0.244 e. The molecule has 0 bridgehead atoms. The Morgan fingerprint density at radius 3 is 2.46 bits per heavy atom. The first-order valence-corrected chi connectivity index (χ1v) is 12.4. The summed E-state index contributed by atoms with van der Waals surface area (Å²) in [4.78, 5) is -0.127. The van der Waals surface area contributed by atoms with Gasteiger partial charge in [-0.3, -0.25) is 0 Å². The van der Waals surface area contributed by atoms with Crippen molar-refractivity contribution in [3.8, 4) is 0 Å². The SMILES string of the molecule is Cc1cc(S(=O)(=O)N2CCC(c3ccccc3F)S(=O)(=O)CC2)c(Cl)cc1Cl. The number of sulfone groups is 1. The van der Waals surface area contributed by atoms with Crippen LogP contribution in [0.1, 0.15) is 22.8 Å². The zero-order chi connectivity index (χ0) is 20.7. The fourth-order valence-corrected chi connectivity index (χ4v) is 7.40.